The zero-order valence-electron chi connectivity index (χ0n) is 23.1. The molecule has 200 valence electrons. The molecule has 1 N–H and O–H groups in total. The number of aromatic nitrogens is 3. The van der Waals surface area contributed by atoms with Crippen LogP contribution < -0.4 is 10.2 Å². The molecule has 5 rings (SSSR count). The number of nitrogens with zero attached hydrogens (tertiary/aromatic N) is 4. The standard InChI is InChI=1S/C32H35N5O2/c1-22-27(6-5-7-28(22)35-31(38)24-10-12-25(13-11-24)32(2,3)4)30-34-21-33-29(36-30)20-23-8-14-26(15-9-23)37-16-18-39-19-17-37/h5-15,21H,16-20H2,1-4H3,(H,35,38). The summed E-state index contributed by atoms with van der Waals surface area (Å²) in [5.41, 5.74) is 6.70. The van der Waals surface area contributed by atoms with Crippen LogP contribution in [0.25, 0.3) is 11.4 Å². The summed E-state index contributed by atoms with van der Waals surface area (Å²) >= 11 is 0. The summed E-state index contributed by atoms with van der Waals surface area (Å²) in [4.78, 5) is 29.0. The average molecular weight is 522 g/mol. The van der Waals surface area contributed by atoms with Gasteiger partial charge in [-0.15, -0.1) is 0 Å². The molecule has 0 bridgehead atoms. The highest BCUT2D eigenvalue weighted by molar-refractivity contribution is 6.05. The van der Waals surface area contributed by atoms with Crippen molar-refractivity contribution in [2.24, 2.45) is 0 Å². The number of amides is 1. The second kappa shape index (κ2) is 11.3. The second-order valence-corrected chi connectivity index (χ2v) is 10.9. The Morgan fingerprint density at radius 3 is 2.36 bits per heavy atom. The molecule has 0 saturated carbocycles. The summed E-state index contributed by atoms with van der Waals surface area (Å²) in [6.07, 6.45) is 2.17. The molecule has 3 aromatic carbocycles. The largest absolute Gasteiger partial charge is 0.378 e. The lowest BCUT2D eigenvalue weighted by atomic mass is 9.86. The Labute approximate surface area is 230 Å². The van der Waals surface area contributed by atoms with E-state index in [1.165, 1.54) is 11.3 Å². The van der Waals surface area contributed by atoms with Gasteiger partial charge in [-0.1, -0.05) is 57.2 Å². The van der Waals surface area contributed by atoms with Crippen LogP contribution in [0.1, 0.15) is 53.6 Å². The van der Waals surface area contributed by atoms with Crippen molar-refractivity contribution in [3.8, 4) is 11.4 Å². The van der Waals surface area contributed by atoms with E-state index >= 15 is 0 Å². The fourth-order valence-electron chi connectivity index (χ4n) is 4.70. The van der Waals surface area contributed by atoms with Gasteiger partial charge in [0.05, 0.1) is 13.2 Å². The van der Waals surface area contributed by atoms with E-state index in [2.05, 4.69) is 65.2 Å². The van der Waals surface area contributed by atoms with Crippen LogP contribution in [0, 0.1) is 6.92 Å². The molecule has 39 heavy (non-hydrogen) atoms. The topological polar surface area (TPSA) is 80.2 Å². The highest BCUT2D eigenvalue weighted by Crippen LogP contribution is 2.27. The first kappa shape index (κ1) is 26.5. The number of rotatable bonds is 6. The van der Waals surface area contributed by atoms with Crippen LogP contribution in [0.2, 0.25) is 0 Å². The third kappa shape index (κ3) is 6.32. The minimum absolute atomic E-state index is 0.0374. The van der Waals surface area contributed by atoms with E-state index in [9.17, 15) is 4.79 Å². The third-order valence-corrected chi connectivity index (χ3v) is 7.13. The summed E-state index contributed by atoms with van der Waals surface area (Å²) in [5, 5.41) is 3.06. The van der Waals surface area contributed by atoms with Crippen molar-refractivity contribution in [3.63, 3.8) is 0 Å². The van der Waals surface area contributed by atoms with Crippen molar-refractivity contribution < 1.29 is 9.53 Å². The van der Waals surface area contributed by atoms with Crippen molar-refractivity contribution in [3.05, 3.63) is 101 Å². The van der Waals surface area contributed by atoms with Gasteiger partial charge in [0.2, 0.25) is 0 Å². The summed E-state index contributed by atoms with van der Waals surface area (Å²) in [5.74, 6) is 1.15. The van der Waals surface area contributed by atoms with Gasteiger partial charge in [0.15, 0.2) is 5.82 Å². The molecule has 1 aliphatic heterocycles. The van der Waals surface area contributed by atoms with Gasteiger partial charge in [0.1, 0.15) is 12.2 Å². The lowest BCUT2D eigenvalue weighted by Gasteiger charge is -2.28. The van der Waals surface area contributed by atoms with Gasteiger partial charge < -0.3 is 15.0 Å². The Bertz CT molecular complexity index is 1440. The molecule has 0 atom stereocenters. The smallest absolute Gasteiger partial charge is 0.255 e. The molecule has 1 amide bonds. The number of carbonyl (C=O) groups is 1. The number of morpholine rings is 1. The van der Waals surface area contributed by atoms with Crippen LogP contribution in [-0.4, -0.2) is 47.2 Å². The molecule has 1 aliphatic rings. The maximum absolute atomic E-state index is 13.0. The summed E-state index contributed by atoms with van der Waals surface area (Å²) < 4.78 is 5.46. The van der Waals surface area contributed by atoms with Crippen LogP contribution in [0.4, 0.5) is 11.4 Å². The maximum Gasteiger partial charge on any atom is 0.255 e. The van der Waals surface area contributed by atoms with Gasteiger partial charge in [0, 0.05) is 42.0 Å². The van der Waals surface area contributed by atoms with Crippen LogP contribution in [-0.2, 0) is 16.6 Å². The first-order valence-electron chi connectivity index (χ1n) is 13.4. The van der Waals surface area contributed by atoms with E-state index in [0.29, 0.717) is 23.6 Å². The number of benzene rings is 3. The molecule has 1 fully saturated rings. The van der Waals surface area contributed by atoms with Gasteiger partial charge in [-0.2, -0.15) is 0 Å². The molecule has 2 heterocycles. The molecular formula is C32H35N5O2. The van der Waals surface area contributed by atoms with E-state index in [-0.39, 0.29) is 11.3 Å². The number of anilines is 2. The van der Waals surface area contributed by atoms with E-state index in [1.807, 2.05) is 49.4 Å². The molecule has 0 unspecified atom stereocenters. The zero-order chi connectivity index (χ0) is 27.4. The molecule has 7 heteroatoms. The zero-order valence-corrected chi connectivity index (χ0v) is 23.1. The van der Waals surface area contributed by atoms with Gasteiger partial charge in [-0.05, 0) is 59.4 Å². The predicted octanol–water partition coefficient (Wildman–Crippen LogP) is 5.82. The highest BCUT2D eigenvalue weighted by Gasteiger charge is 2.16. The predicted molar refractivity (Wildman–Crippen MR) is 155 cm³/mol. The van der Waals surface area contributed by atoms with Gasteiger partial charge in [-0.3, -0.25) is 4.79 Å². The number of carbonyl (C=O) groups excluding carboxylic acids is 1. The molecule has 0 spiro atoms. The minimum Gasteiger partial charge on any atom is -0.378 e. The lowest BCUT2D eigenvalue weighted by Crippen LogP contribution is -2.36. The normalized spacial score (nSPS) is 13.8. The summed E-state index contributed by atoms with van der Waals surface area (Å²) in [7, 11) is 0. The molecule has 7 nitrogen and oxygen atoms in total. The molecule has 0 aliphatic carbocycles. The quantitative estimate of drug-likeness (QED) is 0.344. The fraction of sp³-hybridized carbons (Fsp3) is 0.312. The van der Waals surface area contributed by atoms with E-state index in [1.54, 1.807) is 6.33 Å². The van der Waals surface area contributed by atoms with E-state index < -0.39 is 0 Å². The van der Waals surface area contributed by atoms with Crippen molar-refractivity contribution in [1.82, 2.24) is 15.0 Å². The monoisotopic (exact) mass is 521 g/mol. The number of hydrogen-bond acceptors (Lipinski definition) is 6. The molecule has 0 radical (unpaired) electrons. The Balaban J connectivity index is 1.30. The Kier molecular flexibility index (Phi) is 7.70. The van der Waals surface area contributed by atoms with Crippen LogP contribution in [0.15, 0.2) is 73.1 Å². The van der Waals surface area contributed by atoms with E-state index in [0.717, 1.165) is 48.7 Å². The summed E-state index contributed by atoms with van der Waals surface area (Å²) in [6.45, 7) is 11.8. The maximum atomic E-state index is 13.0. The summed E-state index contributed by atoms with van der Waals surface area (Å²) in [6, 6.07) is 22.1. The first-order valence-corrected chi connectivity index (χ1v) is 13.4. The minimum atomic E-state index is -0.146. The van der Waals surface area contributed by atoms with Gasteiger partial charge >= 0.3 is 0 Å². The Hall–Kier alpha value is -4.10. The SMILES string of the molecule is Cc1c(NC(=O)c2ccc(C(C)(C)C)cc2)cccc1-c1ncnc(Cc2ccc(N3CCOCC3)cc2)n1. The molecule has 4 aromatic rings. The van der Waals surface area contributed by atoms with Crippen molar-refractivity contribution in [2.45, 2.75) is 39.5 Å². The Morgan fingerprint density at radius 2 is 1.67 bits per heavy atom. The van der Waals surface area contributed by atoms with Crippen LogP contribution in [0.3, 0.4) is 0 Å². The molecule has 1 saturated heterocycles. The number of ether oxygens (including phenoxy) is 1. The number of nitrogens with one attached hydrogen (secondary N) is 1. The second-order valence-electron chi connectivity index (χ2n) is 10.9. The van der Waals surface area contributed by atoms with Gasteiger partial charge in [0.25, 0.3) is 5.91 Å². The molecular weight excluding hydrogens is 486 g/mol. The van der Waals surface area contributed by atoms with Crippen molar-refractivity contribution >= 4 is 17.3 Å². The number of hydrogen-bond donors (Lipinski definition) is 1. The average Bonchev–Trinajstić information content (AvgIpc) is 2.95. The lowest BCUT2D eigenvalue weighted by molar-refractivity contribution is 0.102. The fourth-order valence-corrected chi connectivity index (χ4v) is 4.70. The van der Waals surface area contributed by atoms with Crippen LogP contribution >= 0.6 is 0 Å². The Morgan fingerprint density at radius 1 is 0.949 bits per heavy atom. The molecule has 1 aromatic heterocycles. The van der Waals surface area contributed by atoms with Crippen molar-refractivity contribution in [1.29, 1.82) is 0 Å². The first-order chi connectivity index (χ1) is 18.8. The van der Waals surface area contributed by atoms with Crippen LogP contribution in [0.5, 0.6) is 0 Å². The highest BCUT2D eigenvalue weighted by atomic mass is 16.5. The van der Waals surface area contributed by atoms with Crippen molar-refractivity contribution in [2.75, 3.05) is 36.5 Å². The van der Waals surface area contributed by atoms with E-state index in [4.69, 9.17) is 9.72 Å². The third-order valence-electron chi connectivity index (χ3n) is 7.13. The van der Waals surface area contributed by atoms with Gasteiger partial charge in [-0.25, -0.2) is 15.0 Å².